The lowest BCUT2D eigenvalue weighted by atomic mass is 9.88. The molecule has 2 aromatic rings. The lowest BCUT2D eigenvalue weighted by molar-refractivity contribution is -0.163. The third kappa shape index (κ3) is 1.38. The number of anilines is 1. The molecule has 108 valence electrons. The molecule has 1 heterocycles. The van der Waals surface area contributed by atoms with Crippen LogP contribution in [0.25, 0.3) is 0 Å². The van der Waals surface area contributed by atoms with Crippen LogP contribution >= 0.6 is 0 Å². The van der Waals surface area contributed by atoms with Gasteiger partial charge in [-0.15, -0.1) is 0 Å². The van der Waals surface area contributed by atoms with Crippen LogP contribution in [0.1, 0.15) is 17.0 Å². The van der Waals surface area contributed by atoms with Crippen molar-refractivity contribution < 1.29 is 13.2 Å². The monoisotopic (exact) mass is 289 g/mol. The van der Waals surface area contributed by atoms with Crippen LogP contribution in [0.4, 0.5) is 18.9 Å². The van der Waals surface area contributed by atoms with Crippen molar-refractivity contribution in [2.24, 2.45) is 0 Å². The van der Waals surface area contributed by atoms with Gasteiger partial charge in [0.25, 0.3) is 0 Å². The van der Waals surface area contributed by atoms with E-state index >= 15 is 0 Å². The molecular weight excluding hydrogens is 275 g/mol. The molecule has 1 saturated carbocycles. The number of para-hydroxylation sites is 1. The standard InChI is InChI=1S/C17H14F3N/c1-21-13-10-6-5-9-12(13)14-15(21)16(14,17(18,19)20)11-7-3-2-4-8-11/h2-10,14-15H,1H3/t14-,15+,16+/m0/s1. The Balaban J connectivity index is 1.92. The zero-order valence-corrected chi connectivity index (χ0v) is 11.4. The number of benzene rings is 2. The molecule has 3 atom stereocenters. The quantitative estimate of drug-likeness (QED) is 0.764. The Morgan fingerprint density at radius 3 is 2.24 bits per heavy atom. The molecule has 4 heteroatoms. The number of likely N-dealkylation sites (N-methyl/N-ethyl adjacent to an activating group) is 1. The smallest absolute Gasteiger partial charge is 0.369 e. The Morgan fingerprint density at radius 2 is 1.57 bits per heavy atom. The number of nitrogens with zero attached hydrogens (tertiary/aromatic N) is 1. The minimum Gasteiger partial charge on any atom is -0.369 e. The zero-order valence-electron chi connectivity index (χ0n) is 11.4. The van der Waals surface area contributed by atoms with Gasteiger partial charge in [-0.05, 0) is 17.2 Å². The largest absolute Gasteiger partial charge is 0.401 e. The van der Waals surface area contributed by atoms with E-state index in [-0.39, 0.29) is 0 Å². The molecule has 0 aromatic heterocycles. The van der Waals surface area contributed by atoms with Gasteiger partial charge in [0.15, 0.2) is 0 Å². The van der Waals surface area contributed by atoms with Gasteiger partial charge in [-0.3, -0.25) is 0 Å². The van der Waals surface area contributed by atoms with E-state index < -0.39 is 23.6 Å². The fraction of sp³-hybridized carbons (Fsp3) is 0.294. The third-order valence-electron chi connectivity index (χ3n) is 4.95. The van der Waals surface area contributed by atoms with Crippen LogP contribution in [-0.2, 0) is 5.41 Å². The second kappa shape index (κ2) is 3.81. The van der Waals surface area contributed by atoms with Crippen molar-refractivity contribution in [1.29, 1.82) is 0 Å². The predicted molar refractivity (Wildman–Crippen MR) is 75.5 cm³/mol. The molecule has 4 rings (SSSR count). The Labute approximate surface area is 121 Å². The van der Waals surface area contributed by atoms with E-state index in [4.69, 9.17) is 0 Å². The van der Waals surface area contributed by atoms with Crippen molar-refractivity contribution in [2.45, 2.75) is 23.6 Å². The van der Waals surface area contributed by atoms with Crippen LogP contribution in [0.3, 0.4) is 0 Å². The first kappa shape index (κ1) is 12.7. The Bertz CT molecular complexity index is 695. The first-order chi connectivity index (χ1) is 9.99. The summed E-state index contributed by atoms with van der Waals surface area (Å²) in [5.74, 6) is -0.499. The van der Waals surface area contributed by atoms with Crippen molar-refractivity contribution in [2.75, 3.05) is 11.9 Å². The summed E-state index contributed by atoms with van der Waals surface area (Å²) in [5, 5.41) is 0. The van der Waals surface area contributed by atoms with E-state index in [9.17, 15) is 13.2 Å². The van der Waals surface area contributed by atoms with E-state index in [0.717, 1.165) is 11.3 Å². The topological polar surface area (TPSA) is 3.24 Å². The molecule has 1 aliphatic carbocycles. The Kier molecular flexibility index (Phi) is 2.31. The van der Waals surface area contributed by atoms with E-state index in [1.807, 2.05) is 24.3 Å². The highest BCUT2D eigenvalue weighted by Crippen LogP contribution is 2.74. The van der Waals surface area contributed by atoms with Crippen molar-refractivity contribution in [3.8, 4) is 0 Å². The van der Waals surface area contributed by atoms with Gasteiger partial charge in [0, 0.05) is 18.7 Å². The van der Waals surface area contributed by atoms with Gasteiger partial charge in [-0.1, -0.05) is 48.5 Å². The van der Waals surface area contributed by atoms with Gasteiger partial charge < -0.3 is 4.90 Å². The number of hydrogen-bond acceptors (Lipinski definition) is 1. The summed E-state index contributed by atoms with van der Waals surface area (Å²) in [6.07, 6.45) is -4.26. The average Bonchev–Trinajstić information content (AvgIpc) is 3.10. The molecule has 0 amide bonds. The van der Waals surface area contributed by atoms with Crippen LogP contribution in [0.15, 0.2) is 54.6 Å². The van der Waals surface area contributed by atoms with Gasteiger partial charge in [-0.25, -0.2) is 0 Å². The molecule has 1 fully saturated rings. The minimum absolute atomic E-state index is 0.369. The van der Waals surface area contributed by atoms with Gasteiger partial charge >= 0.3 is 6.18 Å². The fourth-order valence-electron chi connectivity index (χ4n) is 4.11. The molecule has 2 aromatic carbocycles. The summed E-state index contributed by atoms with van der Waals surface area (Å²) < 4.78 is 41.8. The number of alkyl halides is 3. The summed E-state index contributed by atoms with van der Waals surface area (Å²) in [4.78, 5) is 1.79. The summed E-state index contributed by atoms with van der Waals surface area (Å²) in [6, 6.07) is 15.2. The van der Waals surface area contributed by atoms with Gasteiger partial charge in [0.1, 0.15) is 5.41 Å². The van der Waals surface area contributed by atoms with E-state index in [1.165, 1.54) is 0 Å². The molecule has 0 unspecified atom stereocenters. The first-order valence-electron chi connectivity index (χ1n) is 6.93. The van der Waals surface area contributed by atoms with Gasteiger partial charge in [0.05, 0.1) is 6.04 Å². The predicted octanol–water partition coefficient (Wildman–Crippen LogP) is 4.10. The van der Waals surface area contributed by atoms with Gasteiger partial charge in [0.2, 0.25) is 0 Å². The maximum absolute atomic E-state index is 13.9. The molecule has 0 bridgehead atoms. The Hall–Kier alpha value is -1.97. The lowest BCUT2D eigenvalue weighted by Crippen LogP contribution is -2.39. The third-order valence-corrected chi connectivity index (χ3v) is 4.95. The van der Waals surface area contributed by atoms with Crippen LogP contribution in [0, 0.1) is 0 Å². The molecule has 0 saturated heterocycles. The normalized spacial score (nSPS) is 30.0. The highest BCUT2D eigenvalue weighted by Gasteiger charge is 2.82. The van der Waals surface area contributed by atoms with E-state index in [2.05, 4.69) is 0 Å². The van der Waals surface area contributed by atoms with Crippen LogP contribution < -0.4 is 4.90 Å². The summed E-state index contributed by atoms with van der Waals surface area (Å²) in [5.41, 5.74) is 0.334. The van der Waals surface area contributed by atoms with Crippen molar-refractivity contribution in [3.63, 3.8) is 0 Å². The van der Waals surface area contributed by atoms with Crippen LogP contribution in [-0.4, -0.2) is 19.3 Å². The van der Waals surface area contributed by atoms with Crippen LogP contribution in [0.2, 0.25) is 0 Å². The molecule has 0 radical (unpaired) electrons. The maximum Gasteiger partial charge on any atom is 0.401 e. The first-order valence-corrected chi connectivity index (χ1v) is 6.93. The molecule has 0 spiro atoms. The minimum atomic E-state index is -4.26. The molecular formula is C17H14F3N. The lowest BCUT2D eigenvalue weighted by Gasteiger charge is -2.29. The summed E-state index contributed by atoms with van der Waals surface area (Å²) in [6.45, 7) is 0. The highest BCUT2D eigenvalue weighted by atomic mass is 19.4. The average molecular weight is 289 g/mol. The molecule has 1 nitrogen and oxygen atoms in total. The highest BCUT2D eigenvalue weighted by molar-refractivity contribution is 5.72. The summed E-state index contributed by atoms with van der Waals surface area (Å²) in [7, 11) is 1.76. The van der Waals surface area contributed by atoms with Crippen molar-refractivity contribution in [3.05, 3.63) is 65.7 Å². The number of rotatable bonds is 1. The number of fused-ring (bicyclic) bond motifs is 3. The van der Waals surface area contributed by atoms with E-state index in [0.29, 0.717) is 5.56 Å². The molecule has 0 N–H and O–H groups in total. The van der Waals surface area contributed by atoms with Gasteiger partial charge in [-0.2, -0.15) is 13.2 Å². The maximum atomic E-state index is 13.9. The summed E-state index contributed by atoms with van der Waals surface area (Å²) >= 11 is 0. The van der Waals surface area contributed by atoms with Crippen molar-refractivity contribution in [1.82, 2.24) is 0 Å². The SMILES string of the molecule is CN1c2ccccc2[C@H]2[C@@H]1[C@]2(c1ccccc1)C(F)(F)F. The molecule has 1 aliphatic heterocycles. The van der Waals surface area contributed by atoms with E-state index in [1.54, 1.807) is 42.3 Å². The molecule has 21 heavy (non-hydrogen) atoms. The Morgan fingerprint density at radius 1 is 0.952 bits per heavy atom. The zero-order chi connectivity index (χ0) is 14.8. The second-order valence-corrected chi connectivity index (χ2v) is 5.83. The second-order valence-electron chi connectivity index (χ2n) is 5.83. The molecule has 2 aliphatic rings. The van der Waals surface area contributed by atoms with Crippen LogP contribution in [0.5, 0.6) is 0 Å². The fourth-order valence-corrected chi connectivity index (χ4v) is 4.11. The number of halogens is 3. The van der Waals surface area contributed by atoms with Crippen molar-refractivity contribution >= 4 is 5.69 Å². The number of hydrogen-bond donors (Lipinski definition) is 0.